The van der Waals surface area contributed by atoms with Gasteiger partial charge in [0.05, 0.1) is 20.0 Å². The molecule has 9 heteroatoms. The van der Waals surface area contributed by atoms with Crippen molar-refractivity contribution in [2.45, 2.75) is 24.4 Å². The number of methoxy groups -OCH3 is 1. The minimum atomic E-state index is -1.22. The summed E-state index contributed by atoms with van der Waals surface area (Å²) >= 11 is 0. The van der Waals surface area contributed by atoms with E-state index in [0.29, 0.717) is 11.2 Å². The first-order valence-electron chi connectivity index (χ1n) is 6.03. The van der Waals surface area contributed by atoms with E-state index in [1.54, 1.807) is 0 Å². The maximum absolute atomic E-state index is 9.97. The maximum Gasteiger partial charge on any atom is 0.245 e. The van der Waals surface area contributed by atoms with Gasteiger partial charge in [-0.25, -0.2) is 9.97 Å². The molecular formula is C11H14N4O5. The SMILES string of the molecule is COc1nc([C@@H]2O[C@H](CO)[C@H](O)[C@H]2O)nc2[nH]cnc12. The number of hydrogen-bond acceptors (Lipinski definition) is 8. The summed E-state index contributed by atoms with van der Waals surface area (Å²) in [5, 5.41) is 28.8. The number of hydrogen-bond donors (Lipinski definition) is 4. The summed E-state index contributed by atoms with van der Waals surface area (Å²) in [4.78, 5) is 15.2. The van der Waals surface area contributed by atoms with Gasteiger partial charge in [0.1, 0.15) is 24.4 Å². The van der Waals surface area contributed by atoms with Gasteiger partial charge < -0.3 is 29.8 Å². The van der Waals surface area contributed by atoms with E-state index in [1.165, 1.54) is 13.4 Å². The first-order valence-corrected chi connectivity index (χ1v) is 6.03. The number of ether oxygens (including phenoxy) is 2. The van der Waals surface area contributed by atoms with Crippen molar-refractivity contribution in [1.29, 1.82) is 0 Å². The second kappa shape index (κ2) is 4.94. The molecule has 3 rings (SSSR count). The zero-order chi connectivity index (χ0) is 14.3. The lowest BCUT2D eigenvalue weighted by Crippen LogP contribution is -2.32. The lowest BCUT2D eigenvalue weighted by Gasteiger charge is -2.13. The minimum absolute atomic E-state index is 0.154. The lowest BCUT2D eigenvalue weighted by atomic mass is 10.1. The number of nitrogens with one attached hydrogen (secondary N) is 1. The zero-order valence-corrected chi connectivity index (χ0v) is 10.6. The van der Waals surface area contributed by atoms with Gasteiger partial charge in [-0.2, -0.15) is 4.98 Å². The van der Waals surface area contributed by atoms with Gasteiger partial charge in [0.15, 0.2) is 17.0 Å². The third kappa shape index (κ3) is 1.91. The molecule has 2 aromatic heterocycles. The van der Waals surface area contributed by atoms with Crippen molar-refractivity contribution in [1.82, 2.24) is 19.9 Å². The average molecular weight is 282 g/mol. The fourth-order valence-electron chi connectivity index (χ4n) is 2.21. The Balaban J connectivity index is 2.02. The number of H-pyrrole nitrogens is 1. The van der Waals surface area contributed by atoms with Crippen LogP contribution in [0.1, 0.15) is 11.9 Å². The van der Waals surface area contributed by atoms with Gasteiger partial charge in [-0.1, -0.05) is 0 Å². The fourth-order valence-corrected chi connectivity index (χ4v) is 2.21. The summed E-state index contributed by atoms with van der Waals surface area (Å²) in [6, 6.07) is 0. The Morgan fingerprint density at radius 1 is 1.35 bits per heavy atom. The van der Waals surface area contributed by atoms with Crippen molar-refractivity contribution in [2.75, 3.05) is 13.7 Å². The first kappa shape index (κ1) is 13.2. The smallest absolute Gasteiger partial charge is 0.245 e. The highest BCUT2D eigenvalue weighted by Gasteiger charge is 2.44. The summed E-state index contributed by atoms with van der Waals surface area (Å²) in [7, 11) is 1.44. The molecule has 0 unspecified atom stereocenters. The van der Waals surface area contributed by atoms with E-state index >= 15 is 0 Å². The average Bonchev–Trinajstić information content (AvgIpc) is 3.04. The van der Waals surface area contributed by atoms with E-state index in [9.17, 15) is 10.2 Å². The molecule has 9 nitrogen and oxygen atoms in total. The molecule has 4 atom stereocenters. The third-order valence-electron chi connectivity index (χ3n) is 3.25. The van der Waals surface area contributed by atoms with Crippen molar-refractivity contribution in [3.63, 3.8) is 0 Å². The molecule has 1 fully saturated rings. The first-order chi connectivity index (χ1) is 9.65. The summed E-state index contributed by atoms with van der Waals surface area (Å²) < 4.78 is 10.5. The topological polar surface area (TPSA) is 134 Å². The Hall–Kier alpha value is -1.81. The van der Waals surface area contributed by atoms with Gasteiger partial charge >= 0.3 is 0 Å². The number of aliphatic hydroxyl groups excluding tert-OH is 3. The summed E-state index contributed by atoms with van der Waals surface area (Å²) in [6.07, 6.45) is -2.79. The highest BCUT2D eigenvalue weighted by molar-refractivity contribution is 5.75. The van der Waals surface area contributed by atoms with Gasteiger partial charge in [0, 0.05) is 0 Å². The molecular weight excluding hydrogens is 268 g/mol. The monoisotopic (exact) mass is 282 g/mol. The molecule has 2 aromatic rings. The number of aromatic nitrogens is 4. The Morgan fingerprint density at radius 3 is 2.80 bits per heavy atom. The molecule has 0 saturated carbocycles. The van der Waals surface area contributed by atoms with Crippen LogP contribution in [0.4, 0.5) is 0 Å². The van der Waals surface area contributed by atoms with Crippen LogP contribution in [0, 0.1) is 0 Å². The number of rotatable bonds is 3. The molecule has 0 bridgehead atoms. The second-order valence-corrected chi connectivity index (χ2v) is 4.45. The quantitative estimate of drug-likeness (QED) is 0.535. The van der Waals surface area contributed by atoms with Crippen molar-refractivity contribution >= 4 is 11.2 Å². The van der Waals surface area contributed by atoms with E-state index in [4.69, 9.17) is 14.6 Å². The van der Waals surface area contributed by atoms with E-state index in [-0.39, 0.29) is 11.7 Å². The van der Waals surface area contributed by atoms with Crippen molar-refractivity contribution in [3.05, 3.63) is 12.2 Å². The molecule has 0 spiro atoms. The van der Waals surface area contributed by atoms with Gasteiger partial charge in [0.2, 0.25) is 5.88 Å². The van der Waals surface area contributed by atoms with Crippen LogP contribution in [0.3, 0.4) is 0 Å². The normalized spacial score (nSPS) is 30.0. The van der Waals surface area contributed by atoms with Crippen LogP contribution in [0.15, 0.2) is 6.33 Å². The predicted octanol–water partition coefficient (Wildman–Crippen LogP) is -1.48. The zero-order valence-electron chi connectivity index (χ0n) is 10.6. The van der Waals surface area contributed by atoms with Crippen molar-refractivity contribution in [3.8, 4) is 5.88 Å². The fraction of sp³-hybridized carbons (Fsp3) is 0.545. The minimum Gasteiger partial charge on any atom is -0.479 e. The van der Waals surface area contributed by atoms with Crippen LogP contribution >= 0.6 is 0 Å². The van der Waals surface area contributed by atoms with Crippen molar-refractivity contribution < 1.29 is 24.8 Å². The second-order valence-electron chi connectivity index (χ2n) is 4.45. The number of aliphatic hydroxyl groups is 3. The van der Waals surface area contributed by atoms with Crippen molar-refractivity contribution in [2.24, 2.45) is 0 Å². The maximum atomic E-state index is 9.97. The largest absolute Gasteiger partial charge is 0.479 e. The standard InChI is InChI=1S/C11H14N4O5/c1-19-11-5-9(13-3-12-5)14-10(15-11)8-7(18)6(17)4(2-16)20-8/h3-4,6-8,16-18H,2H2,1H3,(H,12,13,14,15)/t4-,6+,7-,8-/m1/s1. The van der Waals surface area contributed by atoms with Crippen LogP contribution in [-0.4, -0.2) is 67.3 Å². The van der Waals surface area contributed by atoms with Crippen LogP contribution in [0.25, 0.3) is 11.2 Å². The van der Waals surface area contributed by atoms with Gasteiger partial charge in [-0.05, 0) is 0 Å². The van der Waals surface area contributed by atoms with Crippen LogP contribution < -0.4 is 4.74 Å². The molecule has 108 valence electrons. The molecule has 20 heavy (non-hydrogen) atoms. The molecule has 0 radical (unpaired) electrons. The number of imidazole rings is 1. The Morgan fingerprint density at radius 2 is 2.15 bits per heavy atom. The van der Waals surface area contributed by atoms with Gasteiger partial charge in [0.25, 0.3) is 0 Å². The molecule has 1 aliphatic heterocycles. The van der Waals surface area contributed by atoms with E-state index < -0.39 is 31.0 Å². The highest BCUT2D eigenvalue weighted by atomic mass is 16.6. The molecule has 0 aromatic carbocycles. The van der Waals surface area contributed by atoms with Gasteiger partial charge in [-0.3, -0.25) is 0 Å². The Labute approximate surface area is 113 Å². The van der Waals surface area contributed by atoms with Crippen LogP contribution in [-0.2, 0) is 4.74 Å². The Bertz CT molecular complexity index is 618. The molecule has 4 N–H and O–H groups in total. The number of nitrogens with zero attached hydrogens (tertiary/aromatic N) is 3. The van der Waals surface area contributed by atoms with Gasteiger partial charge in [-0.15, -0.1) is 0 Å². The molecule has 1 saturated heterocycles. The van der Waals surface area contributed by atoms with Crippen LogP contribution in [0.2, 0.25) is 0 Å². The van der Waals surface area contributed by atoms with E-state index in [0.717, 1.165) is 0 Å². The lowest BCUT2D eigenvalue weighted by molar-refractivity contribution is -0.0253. The predicted molar refractivity (Wildman–Crippen MR) is 64.9 cm³/mol. The van der Waals surface area contributed by atoms with Crippen LogP contribution in [0.5, 0.6) is 5.88 Å². The van der Waals surface area contributed by atoms with E-state index in [1.807, 2.05) is 0 Å². The summed E-state index contributed by atoms with van der Waals surface area (Å²) in [5.41, 5.74) is 0.896. The summed E-state index contributed by atoms with van der Waals surface area (Å²) in [5.74, 6) is 0.394. The Kier molecular flexibility index (Phi) is 3.26. The third-order valence-corrected chi connectivity index (χ3v) is 3.25. The molecule has 3 heterocycles. The highest BCUT2D eigenvalue weighted by Crippen LogP contribution is 2.33. The number of fused-ring (bicyclic) bond motifs is 1. The molecule has 0 aliphatic carbocycles. The molecule has 0 amide bonds. The summed E-state index contributed by atoms with van der Waals surface area (Å²) in [6.45, 7) is -0.405. The number of aromatic amines is 1. The molecule has 1 aliphatic rings. The van der Waals surface area contributed by atoms with E-state index in [2.05, 4.69) is 19.9 Å².